The maximum atomic E-state index is 12.5. The van der Waals surface area contributed by atoms with Gasteiger partial charge in [0.25, 0.3) is 0 Å². The van der Waals surface area contributed by atoms with Gasteiger partial charge in [-0.1, -0.05) is 32.9 Å². The van der Waals surface area contributed by atoms with Crippen molar-refractivity contribution >= 4 is 20.2 Å². The minimum absolute atomic E-state index is 0.0134. The number of ether oxygens (including phenoxy) is 1. The van der Waals surface area contributed by atoms with E-state index in [0.29, 0.717) is 6.54 Å². The van der Waals surface area contributed by atoms with Crippen LogP contribution < -0.4 is 0 Å². The maximum Gasteiger partial charge on any atom is 0.304 e. The molecule has 0 bridgehead atoms. The zero-order chi connectivity index (χ0) is 18.0. The van der Waals surface area contributed by atoms with Crippen LogP contribution in [0.2, 0.25) is 18.1 Å². The van der Waals surface area contributed by atoms with Crippen LogP contribution in [-0.4, -0.2) is 44.0 Å². The summed E-state index contributed by atoms with van der Waals surface area (Å²) >= 11 is 0. The standard InChI is InChI=1S/C17H31NO4Si/c1-9-10-11-18-15(20)14(16(18)21-13(3)19)12(2)22-23(7,8)17(4,5)6/h9-10,12,14,16H,11H2,1-8H3/b10-9+/t12-,14+,16-/m1/s1. The molecule has 0 aromatic carbocycles. The molecule has 1 aliphatic rings. The summed E-state index contributed by atoms with van der Waals surface area (Å²) in [5, 5.41) is 0.0651. The summed E-state index contributed by atoms with van der Waals surface area (Å²) in [6, 6.07) is 0. The van der Waals surface area contributed by atoms with E-state index >= 15 is 0 Å². The van der Waals surface area contributed by atoms with Gasteiger partial charge in [-0.05, 0) is 32.0 Å². The van der Waals surface area contributed by atoms with Gasteiger partial charge >= 0.3 is 5.97 Å². The van der Waals surface area contributed by atoms with Gasteiger partial charge < -0.3 is 14.1 Å². The zero-order valence-electron chi connectivity index (χ0n) is 15.7. The fourth-order valence-corrected chi connectivity index (χ4v) is 3.85. The Kier molecular flexibility index (Phi) is 6.21. The third kappa shape index (κ3) is 4.44. The number of hydrogen-bond acceptors (Lipinski definition) is 4. The normalized spacial score (nSPS) is 23.8. The minimum atomic E-state index is -1.98. The number of likely N-dealkylation sites (tertiary alicyclic amines) is 1. The zero-order valence-corrected chi connectivity index (χ0v) is 16.7. The first-order valence-corrected chi connectivity index (χ1v) is 11.1. The third-order valence-corrected chi connectivity index (χ3v) is 9.37. The van der Waals surface area contributed by atoms with E-state index in [0.717, 1.165) is 0 Å². The van der Waals surface area contributed by atoms with Gasteiger partial charge in [0.1, 0.15) is 5.92 Å². The lowest BCUT2D eigenvalue weighted by Crippen LogP contribution is -2.66. The summed E-state index contributed by atoms with van der Waals surface area (Å²) < 4.78 is 11.7. The summed E-state index contributed by atoms with van der Waals surface area (Å²) in [4.78, 5) is 25.4. The largest absolute Gasteiger partial charge is 0.441 e. The predicted octanol–water partition coefficient (Wildman–Crippen LogP) is 3.32. The van der Waals surface area contributed by atoms with Crippen LogP contribution in [0.25, 0.3) is 0 Å². The molecule has 132 valence electrons. The van der Waals surface area contributed by atoms with Crippen molar-refractivity contribution < 1.29 is 18.8 Å². The second-order valence-corrected chi connectivity index (χ2v) is 12.4. The lowest BCUT2D eigenvalue weighted by atomic mass is 9.90. The molecule has 0 aliphatic carbocycles. The van der Waals surface area contributed by atoms with Crippen LogP contribution in [-0.2, 0) is 18.8 Å². The van der Waals surface area contributed by atoms with Gasteiger partial charge in [0.15, 0.2) is 14.5 Å². The monoisotopic (exact) mass is 341 g/mol. The molecule has 0 aromatic rings. The molecular formula is C17H31NO4Si. The van der Waals surface area contributed by atoms with E-state index in [4.69, 9.17) is 9.16 Å². The van der Waals surface area contributed by atoms with Crippen molar-refractivity contribution in [3.63, 3.8) is 0 Å². The molecule has 6 heteroatoms. The van der Waals surface area contributed by atoms with Crippen molar-refractivity contribution in [2.24, 2.45) is 5.92 Å². The Bertz CT molecular complexity index is 481. The van der Waals surface area contributed by atoms with Crippen molar-refractivity contribution in [1.29, 1.82) is 0 Å². The van der Waals surface area contributed by atoms with Crippen LogP contribution in [0.5, 0.6) is 0 Å². The van der Waals surface area contributed by atoms with Crippen LogP contribution in [0.4, 0.5) is 0 Å². The molecule has 3 atom stereocenters. The summed E-state index contributed by atoms with van der Waals surface area (Å²) in [5.74, 6) is -0.809. The van der Waals surface area contributed by atoms with Gasteiger partial charge in [-0.15, -0.1) is 0 Å². The van der Waals surface area contributed by atoms with Crippen molar-refractivity contribution in [2.45, 2.75) is 72.0 Å². The van der Waals surface area contributed by atoms with Crippen molar-refractivity contribution in [1.82, 2.24) is 4.90 Å². The van der Waals surface area contributed by atoms with Crippen molar-refractivity contribution in [2.75, 3.05) is 6.54 Å². The number of esters is 1. The lowest BCUT2D eigenvalue weighted by Gasteiger charge is -2.49. The molecule has 0 N–H and O–H groups in total. The molecule has 23 heavy (non-hydrogen) atoms. The summed E-state index contributed by atoms with van der Waals surface area (Å²) in [6.07, 6.45) is 2.95. The van der Waals surface area contributed by atoms with Gasteiger partial charge in [-0.3, -0.25) is 9.59 Å². The lowest BCUT2D eigenvalue weighted by molar-refractivity contribution is -0.204. The number of carbonyl (C=O) groups excluding carboxylic acids is 2. The molecule has 1 aliphatic heterocycles. The van der Waals surface area contributed by atoms with Gasteiger partial charge in [-0.25, -0.2) is 0 Å². The number of hydrogen-bond donors (Lipinski definition) is 0. The molecule has 1 fully saturated rings. The molecule has 0 saturated carbocycles. The smallest absolute Gasteiger partial charge is 0.304 e. The first-order chi connectivity index (χ1) is 10.4. The number of β-lactam (4-membered cyclic amide) rings is 1. The minimum Gasteiger partial charge on any atom is -0.441 e. The molecule has 1 heterocycles. The summed E-state index contributed by atoms with van der Waals surface area (Å²) in [7, 11) is -1.98. The Hall–Kier alpha value is -1.14. The summed E-state index contributed by atoms with van der Waals surface area (Å²) in [6.45, 7) is 16.4. The Morgan fingerprint density at radius 3 is 2.39 bits per heavy atom. The average molecular weight is 342 g/mol. The highest BCUT2D eigenvalue weighted by Gasteiger charge is 2.54. The second-order valence-electron chi connectivity index (χ2n) is 7.67. The maximum absolute atomic E-state index is 12.5. The second kappa shape index (κ2) is 7.17. The third-order valence-electron chi connectivity index (χ3n) is 4.80. The van der Waals surface area contributed by atoms with Gasteiger partial charge in [0.2, 0.25) is 5.91 Å². The van der Waals surface area contributed by atoms with Crippen LogP contribution in [0, 0.1) is 5.92 Å². The topological polar surface area (TPSA) is 55.8 Å². The fraction of sp³-hybridized carbons (Fsp3) is 0.765. The van der Waals surface area contributed by atoms with Gasteiger partial charge in [0, 0.05) is 13.5 Å². The molecule has 0 aromatic heterocycles. The average Bonchev–Trinajstić information content (AvgIpc) is 2.36. The first kappa shape index (κ1) is 19.9. The summed E-state index contributed by atoms with van der Waals surface area (Å²) in [5.41, 5.74) is 0. The quantitative estimate of drug-likeness (QED) is 0.322. The Labute approximate surface area is 141 Å². The molecule has 1 amide bonds. The Morgan fingerprint density at radius 1 is 1.39 bits per heavy atom. The first-order valence-electron chi connectivity index (χ1n) is 8.19. The van der Waals surface area contributed by atoms with E-state index in [1.807, 2.05) is 26.0 Å². The Morgan fingerprint density at radius 2 is 1.96 bits per heavy atom. The highest BCUT2D eigenvalue weighted by Crippen LogP contribution is 2.40. The highest BCUT2D eigenvalue weighted by molar-refractivity contribution is 6.74. The number of amides is 1. The molecular weight excluding hydrogens is 310 g/mol. The number of nitrogens with zero attached hydrogens (tertiary/aromatic N) is 1. The molecule has 0 unspecified atom stereocenters. The van der Waals surface area contributed by atoms with E-state index in [9.17, 15) is 9.59 Å². The van der Waals surface area contributed by atoms with E-state index in [-0.39, 0.29) is 23.0 Å². The number of rotatable bonds is 6. The molecule has 0 spiro atoms. The van der Waals surface area contributed by atoms with Gasteiger partial charge in [0.05, 0.1) is 6.10 Å². The molecule has 1 saturated heterocycles. The van der Waals surface area contributed by atoms with E-state index in [2.05, 4.69) is 33.9 Å². The van der Waals surface area contributed by atoms with Crippen LogP contribution in [0.15, 0.2) is 12.2 Å². The fourth-order valence-electron chi connectivity index (χ4n) is 2.42. The predicted molar refractivity (Wildman–Crippen MR) is 93.3 cm³/mol. The Balaban J connectivity index is 2.87. The molecule has 0 radical (unpaired) electrons. The van der Waals surface area contributed by atoms with Crippen LogP contribution in [0.1, 0.15) is 41.5 Å². The van der Waals surface area contributed by atoms with Crippen LogP contribution >= 0.6 is 0 Å². The van der Waals surface area contributed by atoms with Gasteiger partial charge in [-0.2, -0.15) is 0 Å². The molecule has 5 nitrogen and oxygen atoms in total. The number of carbonyl (C=O) groups is 2. The van der Waals surface area contributed by atoms with Crippen LogP contribution in [0.3, 0.4) is 0 Å². The molecule has 1 rings (SSSR count). The van der Waals surface area contributed by atoms with E-state index < -0.39 is 20.5 Å². The SMILES string of the molecule is C/C=C/CN1C(=O)[C@H]([C@@H](C)O[Si](C)(C)C(C)(C)C)[C@H]1OC(C)=O. The van der Waals surface area contributed by atoms with E-state index in [1.165, 1.54) is 6.92 Å². The van der Waals surface area contributed by atoms with E-state index in [1.54, 1.807) is 4.90 Å². The number of allylic oxidation sites excluding steroid dienone is 1. The van der Waals surface area contributed by atoms with Crippen molar-refractivity contribution in [3.8, 4) is 0 Å². The van der Waals surface area contributed by atoms with Crippen molar-refractivity contribution in [3.05, 3.63) is 12.2 Å². The highest BCUT2D eigenvalue weighted by atomic mass is 28.4.